The maximum atomic E-state index is 4.11. The molecule has 0 radical (unpaired) electrons. The van der Waals surface area contributed by atoms with Crippen LogP contribution in [0, 0.1) is 0 Å². The van der Waals surface area contributed by atoms with Gasteiger partial charge in [0.05, 0.1) is 6.04 Å². The molecule has 0 aliphatic carbocycles. The summed E-state index contributed by atoms with van der Waals surface area (Å²) >= 11 is 1.78. The van der Waals surface area contributed by atoms with E-state index >= 15 is 0 Å². The van der Waals surface area contributed by atoms with Crippen molar-refractivity contribution in [1.82, 2.24) is 25.5 Å². The number of hydrogen-bond acceptors (Lipinski definition) is 5. The largest absolute Gasteiger partial charge is 0.307 e. The highest BCUT2D eigenvalue weighted by Crippen LogP contribution is 2.12. The van der Waals surface area contributed by atoms with Crippen LogP contribution in [0.1, 0.15) is 37.0 Å². The van der Waals surface area contributed by atoms with Crippen LogP contribution in [-0.4, -0.2) is 26.8 Å². The zero-order chi connectivity index (χ0) is 12.8. The Kier molecular flexibility index (Phi) is 4.83. The van der Waals surface area contributed by atoms with Crippen LogP contribution in [0.25, 0.3) is 0 Å². The molecule has 1 N–H and O–H groups in total. The van der Waals surface area contributed by atoms with E-state index in [9.17, 15) is 0 Å². The number of aromatic nitrogens is 4. The van der Waals surface area contributed by atoms with Gasteiger partial charge >= 0.3 is 0 Å². The summed E-state index contributed by atoms with van der Waals surface area (Å²) in [4.78, 5) is 1.37. The summed E-state index contributed by atoms with van der Waals surface area (Å²) in [6.07, 6.45) is 2.09. The molecule has 18 heavy (non-hydrogen) atoms. The standard InChI is InChI=1S/C12H19N5S/c1-3-7-13-10(2)12-14-15-16-17(12)8-6-11-5-4-9-18-11/h4-5,9-10,13H,3,6-8H2,1-2H3. The van der Waals surface area contributed by atoms with E-state index in [4.69, 9.17) is 0 Å². The third-order valence-corrected chi connectivity index (χ3v) is 3.73. The van der Waals surface area contributed by atoms with Crippen molar-refractivity contribution in [1.29, 1.82) is 0 Å². The van der Waals surface area contributed by atoms with Gasteiger partial charge < -0.3 is 5.32 Å². The van der Waals surface area contributed by atoms with Gasteiger partial charge in [0, 0.05) is 17.8 Å². The minimum Gasteiger partial charge on any atom is -0.307 e. The Hall–Kier alpha value is -1.27. The molecule has 2 rings (SSSR count). The lowest BCUT2D eigenvalue weighted by molar-refractivity contribution is 0.487. The van der Waals surface area contributed by atoms with Gasteiger partial charge in [-0.15, -0.1) is 16.4 Å². The van der Waals surface area contributed by atoms with Crippen molar-refractivity contribution >= 4 is 11.3 Å². The fourth-order valence-corrected chi connectivity index (χ4v) is 2.50. The van der Waals surface area contributed by atoms with Crippen LogP contribution in [0.15, 0.2) is 17.5 Å². The Morgan fingerprint density at radius 2 is 2.39 bits per heavy atom. The fraction of sp³-hybridized carbons (Fsp3) is 0.583. The normalized spacial score (nSPS) is 12.8. The first-order valence-electron chi connectivity index (χ1n) is 6.33. The molecule has 0 bridgehead atoms. The van der Waals surface area contributed by atoms with Crippen LogP contribution >= 0.6 is 11.3 Å². The molecule has 0 aromatic carbocycles. The monoisotopic (exact) mass is 265 g/mol. The van der Waals surface area contributed by atoms with Crippen LogP contribution < -0.4 is 5.32 Å². The summed E-state index contributed by atoms with van der Waals surface area (Å²) in [5.41, 5.74) is 0. The molecule has 0 saturated carbocycles. The van der Waals surface area contributed by atoms with Crippen LogP contribution in [0.2, 0.25) is 0 Å². The predicted octanol–water partition coefficient (Wildman–Crippen LogP) is 2.04. The van der Waals surface area contributed by atoms with Crippen molar-refractivity contribution in [2.45, 2.75) is 39.3 Å². The molecule has 0 aliphatic rings. The fourth-order valence-electron chi connectivity index (χ4n) is 1.80. The lowest BCUT2D eigenvalue weighted by Crippen LogP contribution is -2.23. The second kappa shape index (κ2) is 6.61. The number of rotatable bonds is 7. The summed E-state index contributed by atoms with van der Waals surface area (Å²) in [5.74, 6) is 0.917. The van der Waals surface area contributed by atoms with Crippen LogP contribution in [0.5, 0.6) is 0 Å². The van der Waals surface area contributed by atoms with E-state index in [0.29, 0.717) is 0 Å². The first kappa shape index (κ1) is 13.2. The van der Waals surface area contributed by atoms with Gasteiger partial charge in [0.25, 0.3) is 0 Å². The summed E-state index contributed by atoms with van der Waals surface area (Å²) in [6, 6.07) is 4.42. The molecule has 5 nitrogen and oxygen atoms in total. The molecular formula is C12H19N5S. The van der Waals surface area contributed by atoms with Crippen LogP contribution in [-0.2, 0) is 13.0 Å². The minimum absolute atomic E-state index is 0.197. The quantitative estimate of drug-likeness (QED) is 0.832. The van der Waals surface area contributed by atoms with Crippen molar-refractivity contribution in [3.63, 3.8) is 0 Å². The smallest absolute Gasteiger partial charge is 0.167 e. The second-order valence-electron chi connectivity index (χ2n) is 4.27. The van der Waals surface area contributed by atoms with E-state index in [0.717, 1.165) is 31.8 Å². The maximum absolute atomic E-state index is 4.11. The Labute approximate surface area is 111 Å². The van der Waals surface area contributed by atoms with Gasteiger partial charge in [-0.25, -0.2) is 4.68 Å². The molecule has 6 heteroatoms. The average Bonchev–Trinajstić information content (AvgIpc) is 3.03. The van der Waals surface area contributed by atoms with Gasteiger partial charge in [0.15, 0.2) is 5.82 Å². The van der Waals surface area contributed by atoms with Crippen molar-refractivity contribution in [2.75, 3.05) is 6.54 Å². The number of aryl methyl sites for hydroxylation is 2. The molecule has 0 spiro atoms. The summed E-state index contributed by atoms with van der Waals surface area (Å²) in [6.45, 7) is 6.07. The van der Waals surface area contributed by atoms with E-state index < -0.39 is 0 Å². The highest BCUT2D eigenvalue weighted by molar-refractivity contribution is 7.09. The number of tetrazole rings is 1. The highest BCUT2D eigenvalue weighted by atomic mass is 32.1. The molecule has 0 fully saturated rings. The van der Waals surface area contributed by atoms with E-state index in [1.165, 1.54) is 4.88 Å². The number of nitrogens with one attached hydrogen (secondary N) is 1. The van der Waals surface area contributed by atoms with E-state index in [1.807, 2.05) is 4.68 Å². The Balaban J connectivity index is 1.94. The van der Waals surface area contributed by atoms with Gasteiger partial charge in [0.2, 0.25) is 0 Å². The molecular weight excluding hydrogens is 246 g/mol. The molecule has 1 unspecified atom stereocenters. The van der Waals surface area contributed by atoms with Crippen LogP contribution in [0.4, 0.5) is 0 Å². The van der Waals surface area contributed by atoms with Crippen molar-refractivity contribution in [3.05, 3.63) is 28.2 Å². The topological polar surface area (TPSA) is 55.6 Å². The second-order valence-corrected chi connectivity index (χ2v) is 5.30. The van der Waals surface area contributed by atoms with Gasteiger partial charge in [-0.3, -0.25) is 0 Å². The minimum atomic E-state index is 0.197. The number of hydrogen-bond donors (Lipinski definition) is 1. The van der Waals surface area contributed by atoms with Gasteiger partial charge in [-0.2, -0.15) is 0 Å². The molecule has 1 atom stereocenters. The van der Waals surface area contributed by atoms with Crippen LogP contribution in [0.3, 0.4) is 0 Å². The van der Waals surface area contributed by atoms with Gasteiger partial charge in [-0.1, -0.05) is 13.0 Å². The Morgan fingerprint density at radius 3 is 3.11 bits per heavy atom. The van der Waals surface area contributed by atoms with Crippen molar-refractivity contribution in [2.24, 2.45) is 0 Å². The molecule has 0 amide bonds. The first-order valence-corrected chi connectivity index (χ1v) is 7.21. The molecule has 0 aliphatic heterocycles. The zero-order valence-electron chi connectivity index (χ0n) is 10.8. The van der Waals surface area contributed by atoms with Crippen molar-refractivity contribution < 1.29 is 0 Å². The zero-order valence-corrected chi connectivity index (χ0v) is 11.7. The lowest BCUT2D eigenvalue weighted by atomic mass is 10.3. The molecule has 2 aromatic rings. The molecule has 2 heterocycles. The number of nitrogens with zero attached hydrogens (tertiary/aromatic N) is 4. The Morgan fingerprint density at radius 1 is 1.50 bits per heavy atom. The van der Waals surface area contributed by atoms with Gasteiger partial charge in [0.1, 0.15) is 0 Å². The summed E-state index contributed by atoms with van der Waals surface area (Å²) in [7, 11) is 0. The molecule has 0 saturated heterocycles. The average molecular weight is 265 g/mol. The summed E-state index contributed by atoms with van der Waals surface area (Å²) < 4.78 is 1.90. The van der Waals surface area contributed by atoms with E-state index in [1.54, 1.807) is 11.3 Å². The van der Waals surface area contributed by atoms with E-state index in [-0.39, 0.29) is 6.04 Å². The first-order chi connectivity index (χ1) is 8.81. The lowest BCUT2D eigenvalue weighted by Gasteiger charge is -2.12. The van der Waals surface area contributed by atoms with Crippen molar-refractivity contribution in [3.8, 4) is 0 Å². The maximum Gasteiger partial charge on any atom is 0.167 e. The predicted molar refractivity (Wildman–Crippen MR) is 72.5 cm³/mol. The van der Waals surface area contributed by atoms with Gasteiger partial charge in [-0.05, 0) is 41.8 Å². The highest BCUT2D eigenvalue weighted by Gasteiger charge is 2.13. The SMILES string of the molecule is CCCNC(C)c1nnnn1CCc1cccs1. The van der Waals surface area contributed by atoms with E-state index in [2.05, 4.69) is 52.2 Å². The Bertz CT molecular complexity index is 451. The summed E-state index contributed by atoms with van der Waals surface area (Å²) in [5, 5.41) is 17.5. The molecule has 2 aromatic heterocycles. The third kappa shape index (κ3) is 3.36. The number of thiophene rings is 1. The third-order valence-electron chi connectivity index (χ3n) is 2.80. The molecule has 98 valence electrons.